The number of esters is 1. The summed E-state index contributed by atoms with van der Waals surface area (Å²) in [5.41, 5.74) is 2.39. The average Bonchev–Trinajstić information content (AvgIpc) is 2.22. The minimum absolute atomic E-state index is 0.571. The van der Waals surface area contributed by atoms with Gasteiger partial charge in [0.25, 0.3) is 0 Å². The number of hydrogen-bond donors (Lipinski definition) is 1. The molecule has 1 atom stereocenters. The van der Waals surface area contributed by atoms with Crippen molar-refractivity contribution in [2.75, 3.05) is 7.11 Å². The van der Waals surface area contributed by atoms with Gasteiger partial charge in [0.1, 0.15) is 0 Å². The highest BCUT2D eigenvalue weighted by Crippen LogP contribution is 2.30. The van der Waals surface area contributed by atoms with Gasteiger partial charge in [-0.3, -0.25) is 0 Å². The van der Waals surface area contributed by atoms with E-state index in [1.165, 1.54) is 7.11 Å². The number of aryl methyl sites for hydroxylation is 2. The molecule has 4 heteroatoms. The largest absolute Gasteiger partial charge is 0.467 e. The lowest BCUT2D eigenvalue weighted by molar-refractivity contribution is -0.150. The Labute approximate surface area is 97.2 Å². The first kappa shape index (κ1) is 12.2. The van der Waals surface area contributed by atoms with Crippen molar-refractivity contribution in [3.63, 3.8) is 0 Å². The highest BCUT2D eigenvalue weighted by molar-refractivity contribution is 9.10. The van der Waals surface area contributed by atoms with Gasteiger partial charge in [0, 0.05) is 10.0 Å². The molecule has 3 nitrogen and oxygen atoms in total. The van der Waals surface area contributed by atoms with Crippen molar-refractivity contribution in [1.29, 1.82) is 0 Å². The summed E-state index contributed by atoms with van der Waals surface area (Å²) < 4.78 is 5.26. The Hall–Kier alpha value is -0.870. The van der Waals surface area contributed by atoms with Gasteiger partial charge >= 0.3 is 5.97 Å². The monoisotopic (exact) mass is 272 g/mol. The molecule has 0 heterocycles. The van der Waals surface area contributed by atoms with E-state index in [2.05, 4.69) is 20.7 Å². The summed E-state index contributed by atoms with van der Waals surface area (Å²) in [6, 6.07) is 3.79. The topological polar surface area (TPSA) is 46.5 Å². The highest BCUT2D eigenvalue weighted by atomic mass is 79.9. The number of methoxy groups -OCH3 is 1. The fraction of sp³-hybridized carbons (Fsp3) is 0.364. The zero-order chi connectivity index (χ0) is 11.6. The minimum Gasteiger partial charge on any atom is -0.467 e. The molecule has 1 aromatic carbocycles. The van der Waals surface area contributed by atoms with Crippen LogP contribution in [0.5, 0.6) is 0 Å². The number of benzene rings is 1. The second kappa shape index (κ2) is 4.77. The van der Waals surface area contributed by atoms with Crippen LogP contribution >= 0.6 is 15.9 Å². The first-order valence-corrected chi connectivity index (χ1v) is 5.29. The summed E-state index contributed by atoms with van der Waals surface area (Å²) in [6.07, 6.45) is -1.23. The summed E-state index contributed by atoms with van der Waals surface area (Å²) in [5, 5.41) is 9.77. The van der Waals surface area contributed by atoms with Gasteiger partial charge in [-0.2, -0.15) is 0 Å². The molecule has 0 aliphatic rings. The molecule has 82 valence electrons. The van der Waals surface area contributed by atoms with Gasteiger partial charge in [0.05, 0.1) is 7.11 Å². The average molecular weight is 273 g/mol. The lowest BCUT2D eigenvalue weighted by atomic mass is 10.0. The lowest BCUT2D eigenvalue weighted by Gasteiger charge is -2.15. The Morgan fingerprint density at radius 2 is 1.93 bits per heavy atom. The van der Waals surface area contributed by atoms with Crippen molar-refractivity contribution in [2.45, 2.75) is 20.0 Å². The predicted octanol–water partition coefficient (Wildman–Crippen LogP) is 2.27. The van der Waals surface area contributed by atoms with Gasteiger partial charge in [-0.05, 0) is 25.0 Å². The molecule has 1 aromatic rings. The van der Waals surface area contributed by atoms with Crippen LogP contribution in [0.2, 0.25) is 0 Å². The molecule has 0 fully saturated rings. The number of rotatable bonds is 2. The van der Waals surface area contributed by atoms with E-state index in [0.717, 1.165) is 15.6 Å². The van der Waals surface area contributed by atoms with Crippen LogP contribution in [0.15, 0.2) is 16.6 Å². The van der Waals surface area contributed by atoms with Gasteiger partial charge in [0.2, 0.25) is 0 Å². The normalized spacial score (nSPS) is 12.3. The zero-order valence-electron chi connectivity index (χ0n) is 8.87. The molecule has 1 rings (SSSR count). The van der Waals surface area contributed by atoms with E-state index in [1.54, 1.807) is 0 Å². The Balaban J connectivity index is 3.24. The molecule has 0 saturated heterocycles. The number of carbonyl (C=O) groups excluding carboxylic acids is 1. The second-order valence-electron chi connectivity index (χ2n) is 3.35. The second-order valence-corrected chi connectivity index (χ2v) is 4.15. The number of aliphatic hydroxyl groups excluding tert-OH is 1. The van der Waals surface area contributed by atoms with Gasteiger partial charge in [-0.25, -0.2) is 4.79 Å². The van der Waals surface area contributed by atoms with E-state index in [-0.39, 0.29) is 0 Å². The molecule has 1 N–H and O–H groups in total. The summed E-state index contributed by atoms with van der Waals surface area (Å²) in [4.78, 5) is 11.2. The van der Waals surface area contributed by atoms with Crippen molar-refractivity contribution in [2.24, 2.45) is 0 Å². The summed E-state index contributed by atoms with van der Waals surface area (Å²) in [5.74, 6) is -0.649. The first-order valence-electron chi connectivity index (χ1n) is 4.50. The molecule has 15 heavy (non-hydrogen) atoms. The Kier molecular flexibility index (Phi) is 3.88. The van der Waals surface area contributed by atoms with Crippen molar-refractivity contribution in [3.05, 3.63) is 33.3 Å². The van der Waals surface area contributed by atoms with Crippen LogP contribution in [0.4, 0.5) is 0 Å². The highest BCUT2D eigenvalue weighted by Gasteiger charge is 2.23. The maximum atomic E-state index is 11.2. The van der Waals surface area contributed by atoms with E-state index in [1.807, 2.05) is 26.0 Å². The zero-order valence-corrected chi connectivity index (χ0v) is 10.5. The van der Waals surface area contributed by atoms with Gasteiger partial charge in [-0.15, -0.1) is 0 Å². The number of hydrogen-bond acceptors (Lipinski definition) is 3. The van der Waals surface area contributed by atoms with E-state index in [4.69, 9.17) is 0 Å². The molecule has 0 aromatic heterocycles. The SMILES string of the molecule is COC(=O)C(O)c1c(C)ccc(C)c1Br. The van der Waals surface area contributed by atoms with Crippen molar-refractivity contribution >= 4 is 21.9 Å². The maximum absolute atomic E-state index is 11.2. The van der Waals surface area contributed by atoms with Crippen LogP contribution in [0.3, 0.4) is 0 Å². The quantitative estimate of drug-likeness (QED) is 0.841. The number of ether oxygens (including phenoxy) is 1. The standard InChI is InChI=1S/C11H13BrO3/c1-6-4-5-7(2)9(12)8(6)10(13)11(14)15-3/h4-5,10,13H,1-3H3. The fourth-order valence-electron chi connectivity index (χ4n) is 1.36. The van der Waals surface area contributed by atoms with E-state index < -0.39 is 12.1 Å². The van der Waals surface area contributed by atoms with E-state index >= 15 is 0 Å². The molecule has 0 bridgehead atoms. The third kappa shape index (κ3) is 2.38. The van der Waals surface area contributed by atoms with Gasteiger partial charge < -0.3 is 9.84 Å². The van der Waals surface area contributed by atoms with E-state index in [9.17, 15) is 9.90 Å². The molecule has 0 amide bonds. The third-order valence-corrected chi connectivity index (χ3v) is 3.34. The maximum Gasteiger partial charge on any atom is 0.339 e. The van der Waals surface area contributed by atoms with Gasteiger partial charge in [-0.1, -0.05) is 28.1 Å². The Morgan fingerprint density at radius 1 is 1.40 bits per heavy atom. The molecule has 0 aliphatic heterocycles. The number of halogens is 1. The summed E-state index contributed by atoms with van der Waals surface area (Å²) in [6.45, 7) is 3.74. The molecule has 0 radical (unpaired) electrons. The van der Waals surface area contributed by atoms with Crippen LogP contribution in [-0.4, -0.2) is 18.2 Å². The van der Waals surface area contributed by atoms with Crippen LogP contribution in [0.25, 0.3) is 0 Å². The third-order valence-electron chi connectivity index (χ3n) is 2.29. The van der Waals surface area contributed by atoms with Crippen LogP contribution in [0.1, 0.15) is 22.8 Å². The fourth-order valence-corrected chi connectivity index (χ4v) is 2.03. The Bertz CT molecular complexity index is 388. The van der Waals surface area contributed by atoms with Crippen LogP contribution in [0, 0.1) is 13.8 Å². The number of carbonyl (C=O) groups is 1. The smallest absolute Gasteiger partial charge is 0.339 e. The van der Waals surface area contributed by atoms with Crippen LogP contribution in [-0.2, 0) is 9.53 Å². The first-order chi connectivity index (χ1) is 6.99. The van der Waals surface area contributed by atoms with Gasteiger partial charge in [0.15, 0.2) is 6.10 Å². The van der Waals surface area contributed by atoms with Crippen molar-refractivity contribution in [3.8, 4) is 0 Å². The van der Waals surface area contributed by atoms with Crippen molar-refractivity contribution in [1.82, 2.24) is 0 Å². The summed E-state index contributed by atoms with van der Waals surface area (Å²) in [7, 11) is 1.25. The molecule has 0 saturated carbocycles. The number of aliphatic hydroxyl groups is 1. The molecular formula is C11H13BrO3. The molecule has 0 spiro atoms. The van der Waals surface area contributed by atoms with E-state index in [0.29, 0.717) is 5.56 Å². The Morgan fingerprint density at radius 3 is 2.47 bits per heavy atom. The molecule has 0 aliphatic carbocycles. The minimum atomic E-state index is -1.23. The molecular weight excluding hydrogens is 260 g/mol. The molecule has 1 unspecified atom stereocenters. The van der Waals surface area contributed by atoms with Crippen molar-refractivity contribution < 1.29 is 14.6 Å². The summed E-state index contributed by atoms with van der Waals surface area (Å²) >= 11 is 3.36. The predicted molar refractivity (Wildman–Crippen MR) is 60.6 cm³/mol. The lowest BCUT2D eigenvalue weighted by Crippen LogP contribution is -2.15. The van der Waals surface area contributed by atoms with Crippen LogP contribution < -0.4 is 0 Å².